The Kier molecular flexibility index (Phi) is 3.78. The van der Waals surface area contributed by atoms with Gasteiger partial charge in [-0.2, -0.15) is 0 Å². The van der Waals surface area contributed by atoms with Crippen molar-refractivity contribution in [1.82, 2.24) is 10.2 Å². The Balaban J connectivity index is 2.22. The van der Waals surface area contributed by atoms with Crippen molar-refractivity contribution >= 4 is 11.8 Å². The van der Waals surface area contributed by atoms with Crippen LogP contribution in [0.25, 0.3) is 0 Å². The van der Waals surface area contributed by atoms with Gasteiger partial charge in [-0.15, -0.1) is 0 Å². The number of rotatable bonds is 3. The Morgan fingerprint density at radius 3 is 2.53 bits per heavy atom. The van der Waals surface area contributed by atoms with Crippen LogP contribution in [0.5, 0.6) is 0 Å². The molecular formula is C13H14F2N2O2. The van der Waals surface area contributed by atoms with E-state index in [4.69, 9.17) is 0 Å². The minimum absolute atomic E-state index is 0.177. The van der Waals surface area contributed by atoms with Crippen LogP contribution in [-0.4, -0.2) is 29.3 Å². The van der Waals surface area contributed by atoms with Gasteiger partial charge >= 0.3 is 0 Å². The summed E-state index contributed by atoms with van der Waals surface area (Å²) in [6, 6.07) is 2.90. The lowest BCUT2D eigenvalue weighted by Gasteiger charge is -2.32. The number of carbonyl (C=O) groups is 2. The molecule has 0 aromatic heterocycles. The molecule has 1 saturated heterocycles. The quantitative estimate of drug-likeness (QED) is 0.895. The normalized spacial score (nSPS) is 19.5. The van der Waals surface area contributed by atoms with Crippen LogP contribution in [0, 0.1) is 11.6 Å². The monoisotopic (exact) mass is 268 g/mol. The second kappa shape index (κ2) is 5.34. The van der Waals surface area contributed by atoms with Crippen LogP contribution in [-0.2, 0) is 16.1 Å². The second-order valence-corrected chi connectivity index (χ2v) is 4.42. The van der Waals surface area contributed by atoms with E-state index in [1.807, 2.05) is 0 Å². The fraction of sp³-hybridized carbons (Fsp3) is 0.385. The summed E-state index contributed by atoms with van der Waals surface area (Å²) in [7, 11) is 0. The highest BCUT2D eigenvalue weighted by molar-refractivity contribution is 5.94. The van der Waals surface area contributed by atoms with Crippen LogP contribution in [0.1, 0.15) is 18.9 Å². The van der Waals surface area contributed by atoms with Crippen molar-refractivity contribution in [2.24, 2.45) is 0 Å². The molecule has 1 aromatic rings. The minimum Gasteiger partial charge on any atom is -0.343 e. The van der Waals surface area contributed by atoms with Crippen LogP contribution in [0.15, 0.2) is 18.2 Å². The van der Waals surface area contributed by atoms with Gasteiger partial charge in [0.1, 0.15) is 17.7 Å². The van der Waals surface area contributed by atoms with Crippen molar-refractivity contribution in [3.63, 3.8) is 0 Å². The molecule has 1 N–H and O–H groups in total. The lowest BCUT2D eigenvalue weighted by Crippen LogP contribution is -2.57. The minimum atomic E-state index is -0.716. The summed E-state index contributed by atoms with van der Waals surface area (Å²) in [4.78, 5) is 24.6. The molecule has 0 aliphatic carbocycles. The zero-order valence-electron chi connectivity index (χ0n) is 10.5. The molecule has 1 fully saturated rings. The van der Waals surface area contributed by atoms with Crippen LogP contribution in [0.4, 0.5) is 8.78 Å². The van der Waals surface area contributed by atoms with Crippen LogP contribution < -0.4 is 5.32 Å². The zero-order valence-corrected chi connectivity index (χ0v) is 10.5. The maximum atomic E-state index is 13.5. The van der Waals surface area contributed by atoms with Crippen molar-refractivity contribution < 1.29 is 18.4 Å². The van der Waals surface area contributed by atoms with E-state index in [9.17, 15) is 18.4 Å². The molecule has 6 heteroatoms. The van der Waals surface area contributed by atoms with Gasteiger partial charge in [0.25, 0.3) is 0 Å². The van der Waals surface area contributed by atoms with Crippen LogP contribution in [0.3, 0.4) is 0 Å². The molecule has 2 amide bonds. The summed E-state index contributed by atoms with van der Waals surface area (Å²) < 4.78 is 27.1. The van der Waals surface area contributed by atoms with Crippen LogP contribution >= 0.6 is 0 Å². The standard InChI is InChI=1S/C13H14F2N2O2/c1-2-11-13(19)17(7-12(18)16-11)6-8-9(14)4-3-5-10(8)15/h3-5,11H,2,6-7H2,1H3,(H,16,18). The summed E-state index contributed by atoms with van der Waals surface area (Å²) in [5, 5.41) is 2.54. The lowest BCUT2D eigenvalue weighted by molar-refractivity contribution is -0.145. The Bertz CT molecular complexity index is 499. The van der Waals surface area contributed by atoms with Crippen molar-refractivity contribution in [3.8, 4) is 0 Å². The molecule has 0 saturated carbocycles. The number of nitrogens with one attached hydrogen (secondary N) is 1. The number of nitrogens with zero attached hydrogens (tertiary/aromatic N) is 1. The first-order chi connectivity index (χ1) is 9.02. The molecule has 19 heavy (non-hydrogen) atoms. The molecule has 0 radical (unpaired) electrons. The maximum absolute atomic E-state index is 13.5. The molecule has 4 nitrogen and oxygen atoms in total. The summed E-state index contributed by atoms with van der Waals surface area (Å²) in [5.41, 5.74) is -0.194. The molecule has 1 unspecified atom stereocenters. The highest BCUT2D eigenvalue weighted by atomic mass is 19.1. The smallest absolute Gasteiger partial charge is 0.245 e. The fourth-order valence-corrected chi connectivity index (χ4v) is 2.06. The van der Waals surface area contributed by atoms with E-state index in [1.54, 1.807) is 6.92 Å². The van der Waals surface area contributed by atoms with E-state index < -0.39 is 17.7 Å². The number of hydrogen-bond acceptors (Lipinski definition) is 2. The number of halogens is 2. The predicted octanol–water partition coefficient (Wildman–Crippen LogP) is 1.20. The summed E-state index contributed by atoms with van der Waals surface area (Å²) in [5.74, 6) is -2.06. The van der Waals surface area contributed by atoms with E-state index in [2.05, 4.69) is 5.32 Å². The van der Waals surface area contributed by atoms with Gasteiger partial charge in [0.15, 0.2) is 0 Å². The van der Waals surface area contributed by atoms with Crippen LogP contribution in [0.2, 0.25) is 0 Å². The summed E-state index contributed by atoms with van der Waals surface area (Å²) in [6.45, 7) is 1.35. The van der Waals surface area contributed by atoms with E-state index in [1.165, 1.54) is 11.0 Å². The predicted molar refractivity (Wildman–Crippen MR) is 64.0 cm³/mol. The molecular weight excluding hydrogens is 254 g/mol. The Morgan fingerprint density at radius 1 is 1.32 bits per heavy atom. The fourth-order valence-electron chi connectivity index (χ4n) is 2.06. The third-order valence-corrected chi connectivity index (χ3v) is 3.10. The Labute approximate surface area is 109 Å². The Morgan fingerprint density at radius 2 is 1.95 bits per heavy atom. The molecule has 0 spiro atoms. The number of carbonyl (C=O) groups excluding carboxylic acids is 2. The summed E-state index contributed by atoms with van der Waals surface area (Å²) in [6.07, 6.45) is 0.445. The highest BCUT2D eigenvalue weighted by Crippen LogP contribution is 2.17. The van der Waals surface area contributed by atoms with E-state index in [0.717, 1.165) is 12.1 Å². The van der Waals surface area contributed by atoms with Gasteiger partial charge in [-0.05, 0) is 18.6 Å². The molecule has 1 aliphatic heterocycles. The lowest BCUT2D eigenvalue weighted by atomic mass is 10.1. The third-order valence-electron chi connectivity index (χ3n) is 3.10. The van der Waals surface area contributed by atoms with E-state index >= 15 is 0 Å². The topological polar surface area (TPSA) is 49.4 Å². The van der Waals surface area contributed by atoms with Crippen molar-refractivity contribution in [2.75, 3.05) is 6.54 Å². The summed E-state index contributed by atoms with van der Waals surface area (Å²) >= 11 is 0. The van der Waals surface area contributed by atoms with Gasteiger partial charge in [-0.3, -0.25) is 9.59 Å². The molecule has 1 atom stereocenters. The molecule has 1 aliphatic rings. The third kappa shape index (κ3) is 2.72. The van der Waals surface area contributed by atoms with E-state index in [0.29, 0.717) is 6.42 Å². The first-order valence-corrected chi connectivity index (χ1v) is 6.04. The first-order valence-electron chi connectivity index (χ1n) is 6.04. The molecule has 1 heterocycles. The molecule has 0 bridgehead atoms. The average molecular weight is 268 g/mol. The highest BCUT2D eigenvalue weighted by Gasteiger charge is 2.32. The van der Waals surface area contributed by atoms with Gasteiger partial charge in [0.05, 0.1) is 13.1 Å². The zero-order chi connectivity index (χ0) is 14.0. The maximum Gasteiger partial charge on any atom is 0.245 e. The van der Waals surface area contributed by atoms with Gasteiger partial charge in [0, 0.05) is 5.56 Å². The van der Waals surface area contributed by atoms with Gasteiger partial charge in [-0.1, -0.05) is 13.0 Å². The molecule has 1 aromatic carbocycles. The van der Waals surface area contributed by atoms with Gasteiger partial charge in [0.2, 0.25) is 11.8 Å². The number of benzene rings is 1. The van der Waals surface area contributed by atoms with Gasteiger partial charge in [-0.25, -0.2) is 8.78 Å². The van der Waals surface area contributed by atoms with Crippen molar-refractivity contribution in [1.29, 1.82) is 0 Å². The largest absolute Gasteiger partial charge is 0.343 e. The van der Waals surface area contributed by atoms with Crippen molar-refractivity contribution in [2.45, 2.75) is 25.9 Å². The SMILES string of the molecule is CCC1NC(=O)CN(Cc2c(F)cccc2F)C1=O. The second-order valence-electron chi connectivity index (χ2n) is 4.42. The Hall–Kier alpha value is -1.98. The number of hydrogen-bond donors (Lipinski definition) is 1. The van der Waals surface area contributed by atoms with E-state index in [-0.39, 0.29) is 30.5 Å². The molecule has 2 rings (SSSR count). The first kappa shape index (κ1) is 13.5. The number of amides is 2. The average Bonchev–Trinajstić information content (AvgIpc) is 2.37. The van der Waals surface area contributed by atoms with Gasteiger partial charge < -0.3 is 10.2 Å². The van der Waals surface area contributed by atoms with Crippen molar-refractivity contribution in [3.05, 3.63) is 35.4 Å². The number of piperazine rings is 1. The molecule has 102 valence electrons.